The fourth-order valence-electron chi connectivity index (χ4n) is 2.09. The maximum atomic E-state index is 12.1. The highest BCUT2D eigenvalue weighted by atomic mass is 32.2. The van der Waals surface area contributed by atoms with E-state index in [4.69, 9.17) is 0 Å². The molecule has 2 heteroatoms. The van der Waals surface area contributed by atoms with Gasteiger partial charge in [-0.25, -0.2) is 0 Å². The van der Waals surface area contributed by atoms with Gasteiger partial charge in [-0.3, -0.25) is 4.79 Å². The molecular formula is C19H14OS. The van der Waals surface area contributed by atoms with Gasteiger partial charge in [-0.05, 0) is 35.0 Å². The Morgan fingerprint density at radius 1 is 0.619 bits per heavy atom. The van der Waals surface area contributed by atoms with Crippen molar-refractivity contribution >= 4 is 16.9 Å². The summed E-state index contributed by atoms with van der Waals surface area (Å²) in [5.41, 5.74) is 3.07. The number of carbonyl (C=O) groups is 1. The van der Waals surface area contributed by atoms with Crippen molar-refractivity contribution in [2.45, 2.75) is 4.90 Å². The van der Waals surface area contributed by atoms with Crippen LogP contribution in [-0.2, 0) is 0 Å². The molecule has 0 aliphatic heterocycles. The van der Waals surface area contributed by atoms with Gasteiger partial charge in [0.05, 0.1) is 0 Å². The molecule has 3 aromatic rings. The Hall–Kier alpha value is -2.32. The molecule has 102 valence electrons. The van der Waals surface area contributed by atoms with Crippen LogP contribution in [0.1, 0.15) is 10.4 Å². The normalized spacial score (nSPS) is 10.3. The predicted molar refractivity (Wildman–Crippen MR) is 88.5 cm³/mol. The maximum absolute atomic E-state index is 12.1. The SMILES string of the molecule is O=C(Sc1ccc(-c2ccccc2)cc1)c1ccccc1. The van der Waals surface area contributed by atoms with Crippen molar-refractivity contribution in [2.75, 3.05) is 0 Å². The van der Waals surface area contributed by atoms with E-state index in [1.807, 2.05) is 60.7 Å². The number of hydrogen-bond acceptors (Lipinski definition) is 2. The average Bonchev–Trinajstić information content (AvgIpc) is 2.57. The van der Waals surface area contributed by atoms with Crippen molar-refractivity contribution in [2.24, 2.45) is 0 Å². The van der Waals surface area contributed by atoms with Gasteiger partial charge in [-0.1, -0.05) is 72.8 Å². The third-order valence-electron chi connectivity index (χ3n) is 3.18. The zero-order valence-corrected chi connectivity index (χ0v) is 12.2. The highest BCUT2D eigenvalue weighted by Gasteiger charge is 2.07. The highest BCUT2D eigenvalue weighted by Crippen LogP contribution is 2.26. The van der Waals surface area contributed by atoms with E-state index >= 15 is 0 Å². The molecule has 0 atom stereocenters. The van der Waals surface area contributed by atoms with Gasteiger partial charge in [0, 0.05) is 10.5 Å². The molecule has 3 rings (SSSR count). The van der Waals surface area contributed by atoms with E-state index in [1.54, 1.807) is 0 Å². The second-order valence-corrected chi connectivity index (χ2v) is 5.69. The van der Waals surface area contributed by atoms with Crippen LogP contribution in [0.15, 0.2) is 89.8 Å². The standard InChI is InChI=1S/C19H14OS/c20-19(17-9-5-2-6-10-17)21-18-13-11-16(12-14-18)15-7-3-1-4-8-15/h1-14H. The lowest BCUT2D eigenvalue weighted by Gasteiger charge is -2.04. The molecule has 0 N–H and O–H groups in total. The van der Waals surface area contributed by atoms with Crippen LogP contribution in [0.5, 0.6) is 0 Å². The first kappa shape index (κ1) is 13.7. The summed E-state index contributed by atoms with van der Waals surface area (Å²) in [6.07, 6.45) is 0. The van der Waals surface area contributed by atoms with Crippen LogP contribution in [0.25, 0.3) is 11.1 Å². The van der Waals surface area contributed by atoms with E-state index in [0.717, 1.165) is 16.0 Å². The summed E-state index contributed by atoms with van der Waals surface area (Å²) in [5.74, 6) is 0. The molecule has 0 amide bonds. The summed E-state index contributed by atoms with van der Waals surface area (Å²) >= 11 is 1.26. The van der Waals surface area contributed by atoms with Crippen LogP contribution < -0.4 is 0 Å². The molecule has 0 unspecified atom stereocenters. The van der Waals surface area contributed by atoms with E-state index in [1.165, 1.54) is 17.3 Å². The van der Waals surface area contributed by atoms with Crippen molar-refractivity contribution in [3.63, 3.8) is 0 Å². The first-order valence-corrected chi connectivity index (χ1v) is 7.57. The van der Waals surface area contributed by atoms with Gasteiger partial charge < -0.3 is 0 Å². The zero-order valence-electron chi connectivity index (χ0n) is 11.4. The molecule has 21 heavy (non-hydrogen) atoms. The smallest absolute Gasteiger partial charge is 0.224 e. The number of thioether (sulfide) groups is 1. The Morgan fingerprint density at radius 3 is 1.76 bits per heavy atom. The largest absolute Gasteiger partial charge is 0.281 e. The highest BCUT2D eigenvalue weighted by molar-refractivity contribution is 8.14. The van der Waals surface area contributed by atoms with Gasteiger partial charge in [0.15, 0.2) is 0 Å². The number of benzene rings is 3. The number of hydrogen-bond donors (Lipinski definition) is 0. The molecule has 0 fully saturated rings. The summed E-state index contributed by atoms with van der Waals surface area (Å²) in [4.78, 5) is 13.1. The minimum atomic E-state index is 0.0723. The van der Waals surface area contributed by atoms with E-state index in [9.17, 15) is 4.79 Å². The summed E-state index contributed by atoms with van der Waals surface area (Å²) in [7, 11) is 0. The average molecular weight is 290 g/mol. The molecule has 0 aliphatic rings. The zero-order chi connectivity index (χ0) is 14.5. The van der Waals surface area contributed by atoms with Gasteiger partial charge in [-0.2, -0.15) is 0 Å². The Labute approximate surface area is 128 Å². The lowest BCUT2D eigenvalue weighted by molar-refractivity contribution is 0.108. The van der Waals surface area contributed by atoms with Crippen molar-refractivity contribution in [3.05, 3.63) is 90.5 Å². The molecular weight excluding hydrogens is 276 g/mol. The summed E-state index contributed by atoms with van der Waals surface area (Å²) in [5, 5.41) is 0.0723. The Morgan fingerprint density at radius 2 is 1.14 bits per heavy atom. The topological polar surface area (TPSA) is 17.1 Å². The Bertz CT molecular complexity index is 719. The van der Waals surface area contributed by atoms with Gasteiger partial charge in [0.25, 0.3) is 0 Å². The molecule has 0 spiro atoms. The van der Waals surface area contributed by atoms with Crippen LogP contribution in [-0.4, -0.2) is 5.12 Å². The molecule has 1 nitrogen and oxygen atoms in total. The second-order valence-electron chi connectivity index (χ2n) is 4.65. The van der Waals surface area contributed by atoms with Crippen LogP contribution >= 0.6 is 11.8 Å². The molecule has 0 saturated carbocycles. The quantitative estimate of drug-likeness (QED) is 0.610. The molecule has 0 bridgehead atoms. The number of rotatable bonds is 3. The van der Waals surface area contributed by atoms with E-state index in [-0.39, 0.29) is 5.12 Å². The van der Waals surface area contributed by atoms with Crippen molar-refractivity contribution in [3.8, 4) is 11.1 Å². The Balaban J connectivity index is 1.75. The van der Waals surface area contributed by atoms with E-state index in [0.29, 0.717) is 0 Å². The first-order valence-electron chi connectivity index (χ1n) is 6.76. The van der Waals surface area contributed by atoms with Crippen molar-refractivity contribution in [1.29, 1.82) is 0 Å². The first-order chi connectivity index (χ1) is 10.3. The Kier molecular flexibility index (Phi) is 4.17. The predicted octanol–water partition coefficient (Wildman–Crippen LogP) is 5.29. The van der Waals surface area contributed by atoms with Crippen LogP contribution in [0.4, 0.5) is 0 Å². The maximum Gasteiger partial charge on any atom is 0.224 e. The van der Waals surface area contributed by atoms with Crippen molar-refractivity contribution < 1.29 is 4.79 Å². The monoisotopic (exact) mass is 290 g/mol. The van der Waals surface area contributed by atoms with Gasteiger partial charge in [0.2, 0.25) is 5.12 Å². The molecule has 0 saturated heterocycles. The lowest BCUT2D eigenvalue weighted by Crippen LogP contribution is -1.92. The van der Waals surface area contributed by atoms with E-state index < -0.39 is 0 Å². The van der Waals surface area contributed by atoms with Gasteiger partial charge in [0.1, 0.15) is 0 Å². The summed E-state index contributed by atoms with van der Waals surface area (Å²) in [6.45, 7) is 0. The van der Waals surface area contributed by atoms with Crippen molar-refractivity contribution in [1.82, 2.24) is 0 Å². The number of carbonyl (C=O) groups excluding carboxylic acids is 1. The minimum Gasteiger partial charge on any atom is -0.281 e. The van der Waals surface area contributed by atoms with Crippen LogP contribution in [0.3, 0.4) is 0 Å². The second kappa shape index (κ2) is 6.42. The minimum absolute atomic E-state index is 0.0723. The van der Waals surface area contributed by atoms with Crippen LogP contribution in [0, 0.1) is 0 Å². The van der Waals surface area contributed by atoms with Gasteiger partial charge in [-0.15, -0.1) is 0 Å². The lowest BCUT2D eigenvalue weighted by atomic mass is 10.1. The van der Waals surface area contributed by atoms with E-state index in [2.05, 4.69) is 24.3 Å². The fourth-order valence-corrected chi connectivity index (χ4v) is 2.83. The molecule has 0 heterocycles. The molecule has 0 aliphatic carbocycles. The molecule has 3 aromatic carbocycles. The fraction of sp³-hybridized carbons (Fsp3) is 0. The molecule has 0 radical (unpaired) electrons. The third kappa shape index (κ3) is 3.41. The van der Waals surface area contributed by atoms with Gasteiger partial charge >= 0.3 is 0 Å². The molecule has 0 aromatic heterocycles. The van der Waals surface area contributed by atoms with Crippen LogP contribution in [0.2, 0.25) is 0 Å². The summed E-state index contributed by atoms with van der Waals surface area (Å²) < 4.78 is 0. The third-order valence-corrected chi connectivity index (χ3v) is 4.11. The summed E-state index contributed by atoms with van der Waals surface area (Å²) in [6, 6.07) is 27.7.